The lowest BCUT2D eigenvalue weighted by Crippen LogP contribution is -2.43. The van der Waals surface area contributed by atoms with E-state index >= 15 is 0 Å². The number of hydrogen-bond donors (Lipinski definition) is 1. The second kappa shape index (κ2) is 5.72. The highest BCUT2D eigenvalue weighted by molar-refractivity contribution is 5.71. The highest BCUT2D eigenvalue weighted by atomic mass is 16.2. The topological polar surface area (TPSA) is 87.8 Å². The Kier molecular flexibility index (Phi) is 3.90. The molecule has 0 bridgehead atoms. The Bertz CT molecular complexity index is 808. The zero-order chi connectivity index (χ0) is 15.9. The van der Waals surface area contributed by atoms with Gasteiger partial charge in [-0.2, -0.15) is 0 Å². The van der Waals surface area contributed by atoms with Crippen molar-refractivity contribution in [2.24, 2.45) is 12.8 Å². The third-order valence-corrected chi connectivity index (χ3v) is 4.71. The maximum atomic E-state index is 12.8. The quantitative estimate of drug-likeness (QED) is 0.902. The average molecular weight is 305 g/mol. The molecule has 0 unspecified atom stereocenters. The van der Waals surface area contributed by atoms with Crippen molar-refractivity contribution >= 4 is 11.2 Å². The lowest BCUT2D eigenvalue weighted by molar-refractivity contribution is 0.342. The molecule has 7 heteroatoms. The third-order valence-electron chi connectivity index (χ3n) is 4.71. The third kappa shape index (κ3) is 2.20. The Morgan fingerprint density at radius 3 is 2.55 bits per heavy atom. The molecule has 1 aliphatic rings. The van der Waals surface area contributed by atoms with Crippen molar-refractivity contribution in [3.05, 3.63) is 26.7 Å². The first-order chi connectivity index (χ1) is 10.6. The minimum atomic E-state index is -0.291. The second-order valence-corrected chi connectivity index (χ2v) is 6.08. The summed E-state index contributed by atoms with van der Waals surface area (Å²) in [6.07, 6.45) is 5.36. The molecule has 0 saturated heterocycles. The van der Waals surface area contributed by atoms with Gasteiger partial charge in [-0.1, -0.05) is 19.3 Å². The Morgan fingerprint density at radius 1 is 1.23 bits per heavy atom. The molecule has 0 atom stereocenters. The molecule has 0 spiro atoms. The van der Waals surface area contributed by atoms with Gasteiger partial charge < -0.3 is 10.3 Å². The van der Waals surface area contributed by atoms with Gasteiger partial charge >= 0.3 is 5.69 Å². The van der Waals surface area contributed by atoms with Crippen LogP contribution in [0, 0.1) is 6.92 Å². The normalized spacial score (nSPS) is 16.5. The molecule has 0 aromatic carbocycles. The van der Waals surface area contributed by atoms with Crippen molar-refractivity contribution in [2.45, 2.75) is 51.6 Å². The summed E-state index contributed by atoms with van der Waals surface area (Å²) in [4.78, 5) is 30.0. The number of rotatable bonds is 3. The first kappa shape index (κ1) is 15.0. The molecule has 120 valence electrons. The zero-order valence-corrected chi connectivity index (χ0v) is 13.2. The zero-order valence-electron chi connectivity index (χ0n) is 13.2. The van der Waals surface area contributed by atoms with Crippen LogP contribution in [0.1, 0.15) is 44.0 Å². The lowest BCUT2D eigenvalue weighted by Gasteiger charge is -2.24. The monoisotopic (exact) mass is 305 g/mol. The van der Waals surface area contributed by atoms with Crippen molar-refractivity contribution in [3.63, 3.8) is 0 Å². The van der Waals surface area contributed by atoms with E-state index in [4.69, 9.17) is 5.73 Å². The summed E-state index contributed by atoms with van der Waals surface area (Å²) in [5.74, 6) is 0.738. The molecule has 1 saturated carbocycles. The van der Waals surface area contributed by atoms with Crippen LogP contribution < -0.4 is 17.0 Å². The Hall–Kier alpha value is -1.89. The summed E-state index contributed by atoms with van der Waals surface area (Å²) in [7, 11) is 1.81. The van der Waals surface area contributed by atoms with E-state index in [1.165, 1.54) is 11.0 Å². The predicted molar refractivity (Wildman–Crippen MR) is 85.1 cm³/mol. The molecule has 2 heterocycles. The smallest absolute Gasteiger partial charge is 0.329 e. The van der Waals surface area contributed by atoms with Gasteiger partial charge in [-0.15, -0.1) is 0 Å². The number of aryl methyl sites for hydroxylation is 2. The largest absolute Gasteiger partial charge is 0.333 e. The number of hydrogen-bond acceptors (Lipinski definition) is 4. The van der Waals surface area contributed by atoms with Gasteiger partial charge in [0.05, 0.1) is 0 Å². The van der Waals surface area contributed by atoms with Gasteiger partial charge in [0.15, 0.2) is 11.2 Å². The fourth-order valence-corrected chi connectivity index (χ4v) is 3.43. The van der Waals surface area contributed by atoms with Gasteiger partial charge in [-0.3, -0.25) is 13.9 Å². The van der Waals surface area contributed by atoms with Gasteiger partial charge in [0.1, 0.15) is 5.82 Å². The van der Waals surface area contributed by atoms with Crippen molar-refractivity contribution in [1.29, 1.82) is 0 Å². The SMILES string of the molecule is Cc1nc2c(c(=O)n(CCN)c(=O)n2C2CCCCC2)n1C. The second-order valence-electron chi connectivity index (χ2n) is 6.08. The summed E-state index contributed by atoms with van der Waals surface area (Å²) in [6.45, 7) is 2.36. The first-order valence-electron chi connectivity index (χ1n) is 7.94. The van der Waals surface area contributed by atoms with E-state index in [0.717, 1.165) is 31.5 Å². The van der Waals surface area contributed by atoms with Crippen molar-refractivity contribution in [2.75, 3.05) is 6.54 Å². The Morgan fingerprint density at radius 2 is 1.91 bits per heavy atom. The van der Waals surface area contributed by atoms with Crippen molar-refractivity contribution in [1.82, 2.24) is 18.7 Å². The minimum absolute atomic E-state index is 0.127. The molecule has 0 aliphatic heterocycles. The average Bonchev–Trinajstić information content (AvgIpc) is 2.80. The molecule has 1 fully saturated rings. The van der Waals surface area contributed by atoms with Crippen LogP contribution in [-0.4, -0.2) is 25.2 Å². The maximum Gasteiger partial charge on any atom is 0.333 e. The number of nitrogens with zero attached hydrogens (tertiary/aromatic N) is 4. The highest BCUT2D eigenvalue weighted by Crippen LogP contribution is 2.28. The van der Waals surface area contributed by atoms with Gasteiger partial charge in [-0.05, 0) is 19.8 Å². The molecule has 2 aromatic rings. The van der Waals surface area contributed by atoms with E-state index in [2.05, 4.69) is 4.98 Å². The van der Waals surface area contributed by atoms with Gasteiger partial charge in [-0.25, -0.2) is 9.78 Å². The van der Waals surface area contributed by atoms with E-state index in [0.29, 0.717) is 11.2 Å². The standard InChI is InChI=1S/C15H23N5O2/c1-10-17-13-12(18(10)2)14(21)19(9-8-16)15(22)20(13)11-6-4-3-5-7-11/h11H,3-9,16H2,1-2H3. The van der Waals surface area contributed by atoms with Crippen LogP contribution >= 0.6 is 0 Å². The Labute approximate surface area is 128 Å². The Balaban J connectivity index is 2.35. The fraction of sp³-hybridized carbons (Fsp3) is 0.667. The van der Waals surface area contributed by atoms with Crippen LogP contribution in [-0.2, 0) is 13.6 Å². The summed E-state index contributed by atoms with van der Waals surface area (Å²) < 4.78 is 4.76. The molecule has 0 radical (unpaired) electrons. The van der Waals surface area contributed by atoms with Crippen LogP contribution in [0.25, 0.3) is 11.2 Å². The molecule has 0 amide bonds. The van der Waals surface area contributed by atoms with Gasteiger partial charge in [0.2, 0.25) is 0 Å². The van der Waals surface area contributed by atoms with E-state index in [-0.39, 0.29) is 30.4 Å². The first-order valence-corrected chi connectivity index (χ1v) is 7.94. The minimum Gasteiger partial charge on any atom is -0.329 e. The van der Waals surface area contributed by atoms with Crippen molar-refractivity contribution in [3.8, 4) is 0 Å². The lowest BCUT2D eigenvalue weighted by atomic mass is 9.95. The molecule has 2 aromatic heterocycles. The van der Waals surface area contributed by atoms with Crippen LogP contribution in [0.3, 0.4) is 0 Å². The highest BCUT2D eigenvalue weighted by Gasteiger charge is 2.24. The summed E-state index contributed by atoms with van der Waals surface area (Å²) in [5, 5.41) is 0. The maximum absolute atomic E-state index is 12.8. The van der Waals surface area contributed by atoms with Gasteiger partial charge in [0.25, 0.3) is 5.56 Å². The molecule has 22 heavy (non-hydrogen) atoms. The van der Waals surface area contributed by atoms with E-state index in [1.54, 1.807) is 9.13 Å². The molecule has 3 rings (SSSR count). The van der Waals surface area contributed by atoms with Gasteiger partial charge in [0, 0.05) is 26.2 Å². The summed E-state index contributed by atoms with van der Waals surface area (Å²) in [6, 6.07) is 0.127. The molecule has 2 N–H and O–H groups in total. The number of fused-ring (bicyclic) bond motifs is 1. The summed E-state index contributed by atoms with van der Waals surface area (Å²) >= 11 is 0. The van der Waals surface area contributed by atoms with Crippen molar-refractivity contribution < 1.29 is 0 Å². The molecular formula is C15H23N5O2. The summed E-state index contributed by atoms with van der Waals surface area (Å²) in [5.41, 5.74) is 6.04. The molecule has 7 nitrogen and oxygen atoms in total. The number of nitrogens with two attached hydrogens (primary N) is 1. The van der Waals surface area contributed by atoms with Crippen LogP contribution in [0.5, 0.6) is 0 Å². The fourth-order valence-electron chi connectivity index (χ4n) is 3.43. The van der Waals surface area contributed by atoms with Crippen LogP contribution in [0.15, 0.2) is 9.59 Å². The van der Waals surface area contributed by atoms with E-state index in [1.807, 2.05) is 14.0 Å². The molecule has 1 aliphatic carbocycles. The predicted octanol–water partition coefficient (Wildman–Crippen LogP) is 0.669. The number of aromatic nitrogens is 4. The number of imidazole rings is 1. The van der Waals surface area contributed by atoms with Crippen LogP contribution in [0.2, 0.25) is 0 Å². The van der Waals surface area contributed by atoms with E-state index < -0.39 is 0 Å². The van der Waals surface area contributed by atoms with E-state index in [9.17, 15) is 9.59 Å². The van der Waals surface area contributed by atoms with Crippen LogP contribution in [0.4, 0.5) is 0 Å². The molecular weight excluding hydrogens is 282 g/mol.